The number of methoxy groups -OCH3 is 1. The summed E-state index contributed by atoms with van der Waals surface area (Å²) in [7, 11) is 1.69. The molecular weight excluding hydrogens is 222 g/mol. The fourth-order valence-electron chi connectivity index (χ4n) is 2.32. The molecule has 0 aromatic heterocycles. The van der Waals surface area contributed by atoms with Gasteiger partial charge in [0.25, 0.3) is 0 Å². The molecule has 2 rings (SSSR count). The van der Waals surface area contributed by atoms with Gasteiger partial charge in [-0.25, -0.2) is 0 Å². The molecule has 1 aliphatic rings. The largest absolute Gasteiger partial charge is 0.495 e. The average Bonchev–Trinajstić information content (AvgIpc) is 2.81. The van der Waals surface area contributed by atoms with Crippen LogP contribution in [0.4, 0.5) is 0 Å². The lowest BCUT2D eigenvalue weighted by molar-refractivity contribution is 0.406. The van der Waals surface area contributed by atoms with Crippen molar-refractivity contribution in [3.8, 4) is 5.75 Å². The van der Waals surface area contributed by atoms with Crippen molar-refractivity contribution in [2.24, 2.45) is 0 Å². The summed E-state index contributed by atoms with van der Waals surface area (Å²) >= 11 is 6.25. The molecule has 1 N–H and O–H groups in total. The number of halogens is 1. The van der Waals surface area contributed by atoms with Gasteiger partial charge in [0.1, 0.15) is 5.75 Å². The lowest BCUT2D eigenvalue weighted by Crippen LogP contribution is -2.09. The van der Waals surface area contributed by atoms with Crippen molar-refractivity contribution in [3.05, 3.63) is 28.3 Å². The van der Waals surface area contributed by atoms with Crippen LogP contribution in [-0.4, -0.2) is 20.2 Å². The molecular formula is C13H18ClNO. The van der Waals surface area contributed by atoms with Crippen LogP contribution in [0.1, 0.15) is 30.4 Å². The zero-order valence-corrected chi connectivity index (χ0v) is 10.6. The monoisotopic (exact) mass is 239 g/mol. The first kappa shape index (κ1) is 11.7. The van der Waals surface area contributed by atoms with Crippen molar-refractivity contribution in [2.45, 2.75) is 25.7 Å². The van der Waals surface area contributed by atoms with Crippen LogP contribution in [-0.2, 0) is 6.42 Å². The molecule has 0 spiro atoms. The van der Waals surface area contributed by atoms with Gasteiger partial charge in [-0.2, -0.15) is 0 Å². The van der Waals surface area contributed by atoms with E-state index in [-0.39, 0.29) is 0 Å². The van der Waals surface area contributed by atoms with Crippen molar-refractivity contribution < 1.29 is 4.74 Å². The molecule has 1 atom stereocenters. The molecule has 0 aliphatic carbocycles. The first-order valence-corrected chi connectivity index (χ1v) is 6.21. The first-order valence-electron chi connectivity index (χ1n) is 5.83. The number of hydrogen-bond acceptors (Lipinski definition) is 2. The molecule has 0 amide bonds. The van der Waals surface area contributed by atoms with Crippen LogP contribution in [0.15, 0.2) is 12.1 Å². The molecule has 1 unspecified atom stereocenters. The third-order valence-electron chi connectivity index (χ3n) is 3.24. The fraction of sp³-hybridized carbons (Fsp3) is 0.538. The SMILES string of the molecule is CCc1cc(Cl)c(OC)c(C2CCNC2)c1. The van der Waals surface area contributed by atoms with Crippen LogP contribution < -0.4 is 10.1 Å². The molecule has 16 heavy (non-hydrogen) atoms. The van der Waals surface area contributed by atoms with Crippen molar-refractivity contribution >= 4 is 11.6 Å². The van der Waals surface area contributed by atoms with Crippen molar-refractivity contribution in [1.29, 1.82) is 0 Å². The zero-order valence-electron chi connectivity index (χ0n) is 9.85. The van der Waals surface area contributed by atoms with E-state index in [0.29, 0.717) is 5.92 Å². The van der Waals surface area contributed by atoms with Gasteiger partial charge in [0.15, 0.2) is 0 Å². The third kappa shape index (κ3) is 2.18. The Balaban J connectivity index is 2.42. The molecule has 1 fully saturated rings. The van der Waals surface area contributed by atoms with Crippen molar-refractivity contribution in [2.75, 3.05) is 20.2 Å². The summed E-state index contributed by atoms with van der Waals surface area (Å²) in [6.07, 6.45) is 2.18. The van der Waals surface area contributed by atoms with E-state index < -0.39 is 0 Å². The zero-order chi connectivity index (χ0) is 11.5. The Morgan fingerprint density at radius 1 is 1.50 bits per heavy atom. The molecule has 3 heteroatoms. The van der Waals surface area contributed by atoms with Gasteiger partial charge in [0.05, 0.1) is 12.1 Å². The summed E-state index contributed by atoms with van der Waals surface area (Å²) in [6.45, 7) is 4.26. The summed E-state index contributed by atoms with van der Waals surface area (Å²) in [4.78, 5) is 0. The minimum Gasteiger partial charge on any atom is -0.495 e. The predicted octanol–water partition coefficient (Wildman–Crippen LogP) is 2.99. The third-order valence-corrected chi connectivity index (χ3v) is 3.53. The van der Waals surface area contributed by atoms with Crippen LogP contribution in [0, 0.1) is 0 Å². The van der Waals surface area contributed by atoms with Crippen LogP contribution >= 0.6 is 11.6 Å². The summed E-state index contributed by atoms with van der Waals surface area (Å²) in [5, 5.41) is 4.12. The lowest BCUT2D eigenvalue weighted by Gasteiger charge is -2.16. The molecule has 0 bridgehead atoms. The van der Waals surface area contributed by atoms with Gasteiger partial charge in [-0.15, -0.1) is 0 Å². The molecule has 1 saturated heterocycles. The van der Waals surface area contributed by atoms with Crippen LogP contribution in [0.5, 0.6) is 5.75 Å². The number of hydrogen-bond donors (Lipinski definition) is 1. The lowest BCUT2D eigenvalue weighted by atomic mass is 9.95. The van der Waals surface area contributed by atoms with Gasteiger partial charge in [-0.3, -0.25) is 0 Å². The Morgan fingerprint density at radius 2 is 2.31 bits per heavy atom. The van der Waals surface area contributed by atoms with E-state index in [1.807, 2.05) is 6.07 Å². The summed E-state index contributed by atoms with van der Waals surface area (Å²) in [5.74, 6) is 1.39. The molecule has 1 aromatic rings. The Hall–Kier alpha value is -0.730. The van der Waals surface area contributed by atoms with E-state index in [0.717, 1.165) is 30.3 Å². The molecule has 0 saturated carbocycles. The average molecular weight is 240 g/mol. The number of rotatable bonds is 3. The normalized spacial score (nSPS) is 20.1. The minimum absolute atomic E-state index is 0.541. The summed E-state index contributed by atoms with van der Waals surface area (Å²) in [5.41, 5.74) is 2.55. The predicted molar refractivity (Wildman–Crippen MR) is 67.6 cm³/mol. The number of nitrogens with one attached hydrogen (secondary N) is 1. The number of aryl methyl sites for hydroxylation is 1. The highest BCUT2D eigenvalue weighted by Crippen LogP contribution is 2.37. The Labute approximate surface area is 102 Å². The van der Waals surface area contributed by atoms with Gasteiger partial charge in [0, 0.05) is 18.0 Å². The molecule has 88 valence electrons. The maximum atomic E-state index is 6.25. The first-order chi connectivity index (χ1) is 7.76. The molecule has 1 heterocycles. The quantitative estimate of drug-likeness (QED) is 0.876. The van der Waals surface area contributed by atoms with E-state index >= 15 is 0 Å². The fourth-order valence-corrected chi connectivity index (χ4v) is 2.64. The Kier molecular flexibility index (Phi) is 3.72. The summed E-state index contributed by atoms with van der Waals surface area (Å²) < 4.78 is 5.43. The second kappa shape index (κ2) is 5.07. The van der Waals surface area contributed by atoms with Crippen molar-refractivity contribution in [3.63, 3.8) is 0 Å². The van der Waals surface area contributed by atoms with Gasteiger partial charge in [-0.1, -0.05) is 24.6 Å². The highest BCUT2D eigenvalue weighted by molar-refractivity contribution is 6.32. The molecule has 2 nitrogen and oxygen atoms in total. The second-order valence-corrected chi connectivity index (χ2v) is 4.65. The highest BCUT2D eigenvalue weighted by Gasteiger charge is 2.22. The smallest absolute Gasteiger partial charge is 0.140 e. The Bertz CT molecular complexity index is 372. The molecule has 1 aromatic carbocycles. The van der Waals surface area contributed by atoms with E-state index in [1.54, 1.807) is 7.11 Å². The van der Waals surface area contributed by atoms with E-state index in [2.05, 4.69) is 18.3 Å². The number of ether oxygens (including phenoxy) is 1. The minimum atomic E-state index is 0.541. The van der Waals surface area contributed by atoms with Gasteiger partial charge >= 0.3 is 0 Å². The van der Waals surface area contributed by atoms with Crippen LogP contribution in [0.25, 0.3) is 0 Å². The number of benzene rings is 1. The van der Waals surface area contributed by atoms with E-state index in [1.165, 1.54) is 17.5 Å². The van der Waals surface area contributed by atoms with Crippen LogP contribution in [0.3, 0.4) is 0 Å². The maximum Gasteiger partial charge on any atom is 0.140 e. The molecule has 0 radical (unpaired) electrons. The van der Waals surface area contributed by atoms with E-state index in [9.17, 15) is 0 Å². The van der Waals surface area contributed by atoms with E-state index in [4.69, 9.17) is 16.3 Å². The summed E-state index contributed by atoms with van der Waals surface area (Å²) in [6, 6.07) is 4.24. The standard InChI is InChI=1S/C13H18ClNO/c1-3-9-6-11(10-4-5-15-8-10)13(16-2)12(14)7-9/h6-7,10,15H,3-5,8H2,1-2H3. The Morgan fingerprint density at radius 3 is 2.88 bits per heavy atom. The van der Waals surface area contributed by atoms with Gasteiger partial charge in [-0.05, 0) is 31.0 Å². The maximum absolute atomic E-state index is 6.25. The van der Waals surface area contributed by atoms with Crippen molar-refractivity contribution in [1.82, 2.24) is 5.32 Å². The second-order valence-electron chi connectivity index (χ2n) is 4.24. The van der Waals surface area contributed by atoms with Crippen LogP contribution in [0.2, 0.25) is 5.02 Å². The van der Waals surface area contributed by atoms with Gasteiger partial charge in [0.2, 0.25) is 0 Å². The topological polar surface area (TPSA) is 21.3 Å². The highest BCUT2D eigenvalue weighted by atomic mass is 35.5. The van der Waals surface area contributed by atoms with Gasteiger partial charge < -0.3 is 10.1 Å². The molecule has 1 aliphatic heterocycles.